The van der Waals surface area contributed by atoms with Gasteiger partial charge in [-0.15, -0.1) is 0 Å². The zero-order chi connectivity index (χ0) is 25.8. The smallest absolute Gasteiger partial charge is 0.408 e. The van der Waals surface area contributed by atoms with Crippen LogP contribution in [0.3, 0.4) is 0 Å². The van der Waals surface area contributed by atoms with E-state index in [4.69, 9.17) is 18.6 Å². The van der Waals surface area contributed by atoms with Crippen molar-refractivity contribution in [2.75, 3.05) is 0 Å². The van der Waals surface area contributed by atoms with Gasteiger partial charge >= 0.3 is 12.1 Å². The van der Waals surface area contributed by atoms with E-state index in [-0.39, 0.29) is 33.8 Å². The molecule has 1 aromatic heterocycles. The van der Waals surface area contributed by atoms with Crippen molar-refractivity contribution >= 4 is 23.0 Å². The van der Waals surface area contributed by atoms with Crippen LogP contribution in [-0.2, 0) is 9.53 Å². The van der Waals surface area contributed by atoms with Gasteiger partial charge in [0.05, 0.1) is 5.39 Å². The molecule has 3 aromatic rings. The Morgan fingerprint density at radius 2 is 1.71 bits per heavy atom. The number of aryl methyl sites for hydroxylation is 1. The van der Waals surface area contributed by atoms with E-state index in [0.717, 1.165) is 0 Å². The topological polar surface area (TPSA) is 104 Å². The molecule has 1 N–H and O–H groups in total. The van der Waals surface area contributed by atoms with Crippen molar-refractivity contribution in [1.82, 2.24) is 5.32 Å². The van der Waals surface area contributed by atoms with Gasteiger partial charge in [0.25, 0.3) is 0 Å². The number of hydrogen-bond donors (Lipinski definition) is 1. The summed E-state index contributed by atoms with van der Waals surface area (Å²) in [5, 5.41) is 2.87. The van der Waals surface area contributed by atoms with Crippen molar-refractivity contribution in [3.63, 3.8) is 0 Å². The Kier molecular flexibility index (Phi) is 7.84. The molecule has 0 aliphatic heterocycles. The summed E-state index contributed by atoms with van der Waals surface area (Å²) in [6, 6.07) is 12.5. The molecule has 0 aliphatic carbocycles. The van der Waals surface area contributed by atoms with Crippen LogP contribution in [-0.4, -0.2) is 23.7 Å². The Hall–Kier alpha value is -3.81. The van der Waals surface area contributed by atoms with E-state index in [0.29, 0.717) is 17.9 Å². The second-order valence-corrected chi connectivity index (χ2v) is 9.64. The summed E-state index contributed by atoms with van der Waals surface area (Å²) >= 11 is 0. The highest BCUT2D eigenvalue weighted by atomic mass is 16.6. The second kappa shape index (κ2) is 10.6. The Balaban J connectivity index is 1.82. The Labute approximate surface area is 204 Å². The summed E-state index contributed by atoms with van der Waals surface area (Å²) in [6.45, 7) is 10.7. The average molecular weight is 482 g/mol. The maximum absolute atomic E-state index is 13.0. The highest BCUT2D eigenvalue weighted by Crippen LogP contribution is 2.27. The first-order chi connectivity index (χ1) is 16.4. The van der Waals surface area contributed by atoms with E-state index in [2.05, 4.69) is 5.32 Å². The molecule has 0 saturated heterocycles. The highest BCUT2D eigenvalue weighted by molar-refractivity contribution is 5.85. The Bertz CT molecular complexity index is 1260. The first-order valence-electron chi connectivity index (χ1n) is 11.4. The van der Waals surface area contributed by atoms with Crippen LogP contribution in [0, 0.1) is 12.8 Å². The molecule has 3 rings (SSSR count). The number of ether oxygens (including phenoxy) is 3. The molecule has 0 radical (unpaired) electrons. The standard InChI is InChI=1S/C27H31NO7/c1-16(2)14-21(28-26(31)35-27(4,5)6)25(30)34-19-12-13-20-22(15-19)32-17(3)24(23(20)29)33-18-10-8-7-9-11-18/h7-13,15-16,21H,14H2,1-6H3,(H,28,31)/t21-/m1/s1. The minimum atomic E-state index is -0.907. The molecule has 0 bridgehead atoms. The van der Waals surface area contributed by atoms with Gasteiger partial charge in [-0.05, 0) is 64.3 Å². The molecule has 0 unspecified atom stereocenters. The summed E-state index contributed by atoms with van der Waals surface area (Å²) in [5.41, 5.74) is -0.791. The monoisotopic (exact) mass is 481 g/mol. The first-order valence-corrected chi connectivity index (χ1v) is 11.4. The van der Waals surface area contributed by atoms with Crippen LogP contribution in [0.15, 0.2) is 57.7 Å². The number of benzene rings is 2. The molecule has 1 heterocycles. The summed E-state index contributed by atoms with van der Waals surface area (Å²) in [7, 11) is 0. The van der Waals surface area contributed by atoms with E-state index in [1.54, 1.807) is 52.0 Å². The van der Waals surface area contributed by atoms with Gasteiger partial charge in [0, 0.05) is 6.07 Å². The van der Waals surface area contributed by atoms with Crippen LogP contribution in [0.25, 0.3) is 11.0 Å². The molecule has 2 aromatic carbocycles. The van der Waals surface area contributed by atoms with Crippen molar-refractivity contribution in [1.29, 1.82) is 0 Å². The summed E-state index contributed by atoms with van der Waals surface area (Å²) < 4.78 is 22.3. The van der Waals surface area contributed by atoms with Crippen LogP contribution in [0.2, 0.25) is 0 Å². The molecule has 186 valence electrons. The summed E-state index contributed by atoms with van der Waals surface area (Å²) in [4.78, 5) is 38.1. The van der Waals surface area contributed by atoms with Gasteiger partial charge in [-0.25, -0.2) is 9.59 Å². The van der Waals surface area contributed by atoms with Gasteiger partial charge in [0.2, 0.25) is 11.2 Å². The molecular weight excluding hydrogens is 450 g/mol. The molecule has 1 atom stereocenters. The normalized spacial score (nSPS) is 12.3. The van der Waals surface area contributed by atoms with Crippen LogP contribution in [0.4, 0.5) is 4.79 Å². The number of hydrogen-bond acceptors (Lipinski definition) is 7. The predicted molar refractivity (Wildman–Crippen MR) is 132 cm³/mol. The number of rotatable bonds is 7. The number of amides is 1. The third-order valence-corrected chi connectivity index (χ3v) is 4.85. The molecule has 0 fully saturated rings. The SMILES string of the molecule is Cc1oc2cc(OC(=O)[C@@H](CC(C)C)NC(=O)OC(C)(C)C)ccc2c(=O)c1Oc1ccccc1. The Morgan fingerprint density at radius 3 is 2.34 bits per heavy atom. The number of alkyl carbamates (subject to hydrolysis) is 1. The van der Waals surface area contributed by atoms with Gasteiger partial charge in [-0.1, -0.05) is 32.0 Å². The average Bonchev–Trinajstić information content (AvgIpc) is 2.75. The van der Waals surface area contributed by atoms with Crippen LogP contribution in [0.1, 0.15) is 46.8 Å². The van der Waals surface area contributed by atoms with Crippen molar-refractivity contribution in [3.05, 3.63) is 64.5 Å². The lowest BCUT2D eigenvalue weighted by Gasteiger charge is -2.23. The molecule has 8 nitrogen and oxygen atoms in total. The number of nitrogens with one attached hydrogen (secondary N) is 1. The molecule has 0 aliphatic rings. The number of fused-ring (bicyclic) bond motifs is 1. The van der Waals surface area contributed by atoms with Gasteiger partial charge in [0.1, 0.15) is 34.5 Å². The lowest BCUT2D eigenvalue weighted by molar-refractivity contribution is -0.137. The fraction of sp³-hybridized carbons (Fsp3) is 0.370. The maximum Gasteiger partial charge on any atom is 0.408 e. The van der Waals surface area contributed by atoms with Crippen molar-refractivity contribution < 1.29 is 28.2 Å². The van der Waals surface area contributed by atoms with E-state index in [1.165, 1.54) is 18.2 Å². The zero-order valence-electron chi connectivity index (χ0n) is 20.8. The third-order valence-electron chi connectivity index (χ3n) is 4.85. The van der Waals surface area contributed by atoms with E-state index >= 15 is 0 Å². The van der Waals surface area contributed by atoms with Crippen LogP contribution < -0.4 is 20.2 Å². The molecule has 8 heteroatoms. The lowest BCUT2D eigenvalue weighted by atomic mass is 10.0. The fourth-order valence-electron chi connectivity index (χ4n) is 3.38. The Morgan fingerprint density at radius 1 is 1.03 bits per heavy atom. The van der Waals surface area contributed by atoms with E-state index < -0.39 is 23.7 Å². The lowest BCUT2D eigenvalue weighted by Crippen LogP contribution is -2.45. The first kappa shape index (κ1) is 25.8. The second-order valence-electron chi connectivity index (χ2n) is 9.64. The van der Waals surface area contributed by atoms with E-state index in [9.17, 15) is 14.4 Å². The maximum atomic E-state index is 13.0. The van der Waals surface area contributed by atoms with Crippen LogP contribution in [0.5, 0.6) is 17.2 Å². The largest absolute Gasteiger partial charge is 0.457 e. The molecule has 0 spiro atoms. The quantitative estimate of drug-likeness (QED) is 0.339. The van der Waals surface area contributed by atoms with Crippen molar-refractivity contribution in [3.8, 4) is 17.2 Å². The fourth-order valence-corrected chi connectivity index (χ4v) is 3.38. The number of para-hydroxylation sites is 1. The van der Waals surface area contributed by atoms with Crippen molar-refractivity contribution in [2.45, 2.75) is 59.6 Å². The minimum Gasteiger partial charge on any atom is -0.457 e. The molecule has 35 heavy (non-hydrogen) atoms. The van der Waals surface area contributed by atoms with Gasteiger partial charge < -0.3 is 23.9 Å². The third kappa shape index (κ3) is 7.09. The highest BCUT2D eigenvalue weighted by Gasteiger charge is 2.27. The zero-order valence-corrected chi connectivity index (χ0v) is 20.8. The van der Waals surface area contributed by atoms with Crippen LogP contribution >= 0.6 is 0 Å². The minimum absolute atomic E-state index is 0.0898. The molecule has 1 amide bonds. The van der Waals surface area contributed by atoms with E-state index in [1.807, 2.05) is 19.9 Å². The van der Waals surface area contributed by atoms with Crippen molar-refractivity contribution in [2.24, 2.45) is 5.92 Å². The van der Waals surface area contributed by atoms with Gasteiger partial charge in [-0.2, -0.15) is 0 Å². The summed E-state index contributed by atoms with van der Waals surface area (Å²) in [6.07, 6.45) is -0.341. The summed E-state index contributed by atoms with van der Waals surface area (Å²) in [5.74, 6) is 0.545. The predicted octanol–water partition coefficient (Wildman–Crippen LogP) is 5.74. The number of esters is 1. The number of carbonyl (C=O) groups excluding carboxylic acids is 2. The molecule has 0 saturated carbocycles. The van der Waals surface area contributed by atoms with Gasteiger partial charge in [0.15, 0.2) is 0 Å². The number of carbonyl (C=O) groups is 2. The molecular formula is C27H31NO7. The van der Waals surface area contributed by atoms with Gasteiger partial charge in [-0.3, -0.25) is 4.79 Å².